The zero-order valence-electron chi connectivity index (χ0n) is 21.8. The van der Waals surface area contributed by atoms with E-state index < -0.39 is 5.54 Å². The minimum Gasteiger partial charge on any atom is -0.394 e. The Hall–Kier alpha value is -3.50. The number of hydrogen-bond acceptors (Lipinski definition) is 5. The number of aliphatic hydroxyl groups excluding tert-OH is 1. The average molecular weight is 500 g/mol. The molecule has 0 aliphatic carbocycles. The third-order valence-corrected chi connectivity index (χ3v) is 6.24. The van der Waals surface area contributed by atoms with Crippen LogP contribution in [0.3, 0.4) is 0 Å². The lowest BCUT2D eigenvalue weighted by molar-refractivity contribution is 0.0457. The summed E-state index contributed by atoms with van der Waals surface area (Å²) in [5.74, 6) is -0.0335. The highest BCUT2D eigenvalue weighted by atomic mass is 16.5. The molecule has 1 amide bonds. The van der Waals surface area contributed by atoms with Crippen LogP contribution >= 0.6 is 0 Å². The van der Waals surface area contributed by atoms with Crippen molar-refractivity contribution < 1.29 is 14.6 Å². The monoisotopic (exact) mass is 499 g/mol. The summed E-state index contributed by atoms with van der Waals surface area (Å²) < 4.78 is 6.01. The lowest BCUT2D eigenvalue weighted by Crippen LogP contribution is -2.50. The zero-order chi connectivity index (χ0) is 26.7. The average Bonchev–Trinajstić information content (AvgIpc) is 2.93. The van der Waals surface area contributed by atoms with Gasteiger partial charge in [-0.05, 0) is 65.8 Å². The van der Waals surface area contributed by atoms with Gasteiger partial charge in [0.05, 0.1) is 37.0 Å². The molecule has 0 saturated carbocycles. The summed E-state index contributed by atoms with van der Waals surface area (Å²) in [6.45, 7) is 5.64. The molecule has 194 valence electrons. The third kappa shape index (κ3) is 7.74. The van der Waals surface area contributed by atoms with Crippen LogP contribution in [0.1, 0.15) is 53.7 Å². The minimum atomic E-state index is -0.927. The van der Waals surface area contributed by atoms with E-state index in [2.05, 4.69) is 19.9 Å². The quantitative estimate of drug-likeness (QED) is 0.347. The maximum absolute atomic E-state index is 13.5. The van der Waals surface area contributed by atoms with Crippen LogP contribution in [-0.4, -0.2) is 47.8 Å². The lowest BCUT2D eigenvalue weighted by Gasteiger charge is -2.27. The maximum Gasteiger partial charge on any atom is 0.253 e. The number of carbonyl (C=O) groups excluding carboxylic acids is 1. The van der Waals surface area contributed by atoms with E-state index in [-0.39, 0.29) is 25.7 Å². The van der Waals surface area contributed by atoms with Crippen molar-refractivity contribution in [3.8, 4) is 17.2 Å². The summed E-state index contributed by atoms with van der Waals surface area (Å²) in [5, 5.41) is 19.6. The van der Waals surface area contributed by atoms with E-state index >= 15 is 0 Å². The van der Waals surface area contributed by atoms with E-state index in [4.69, 9.17) is 10.5 Å². The molecule has 0 spiro atoms. The second-order valence-electron chi connectivity index (χ2n) is 9.54. The first kappa shape index (κ1) is 28.1. The molecular formula is C31H37N3O3. The number of ether oxygens (including phenoxy) is 1. The largest absolute Gasteiger partial charge is 0.394 e. The molecule has 0 heterocycles. The molecule has 0 bridgehead atoms. The zero-order valence-corrected chi connectivity index (χ0v) is 21.8. The topological polar surface area (TPSA) is 99.6 Å². The van der Waals surface area contributed by atoms with Crippen molar-refractivity contribution in [2.45, 2.75) is 45.3 Å². The second kappa shape index (κ2) is 13.7. The van der Waals surface area contributed by atoms with Gasteiger partial charge in [0.25, 0.3) is 5.91 Å². The number of hydrogen-bond donors (Lipinski definition) is 2. The van der Waals surface area contributed by atoms with Gasteiger partial charge >= 0.3 is 0 Å². The van der Waals surface area contributed by atoms with E-state index in [0.29, 0.717) is 30.6 Å². The van der Waals surface area contributed by atoms with Crippen molar-refractivity contribution in [2.24, 2.45) is 5.73 Å². The molecule has 1 atom stereocenters. The molecule has 3 rings (SSSR count). The fraction of sp³-hybridized carbons (Fsp3) is 0.355. The van der Waals surface area contributed by atoms with Gasteiger partial charge in [0, 0.05) is 18.7 Å². The Balaban J connectivity index is 1.88. The van der Waals surface area contributed by atoms with Gasteiger partial charge in [0.2, 0.25) is 0 Å². The molecular weight excluding hydrogens is 462 g/mol. The Morgan fingerprint density at radius 2 is 1.68 bits per heavy atom. The summed E-state index contributed by atoms with van der Waals surface area (Å²) >= 11 is 0. The Labute approximate surface area is 220 Å². The summed E-state index contributed by atoms with van der Waals surface area (Å²) in [6, 6.07) is 25.1. The normalized spacial score (nSPS) is 12.5. The van der Waals surface area contributed by atoms with E-state index in [9.17, 15) is 15.2 Å². The van der Waals surface area contributed by atoms with Gasteiger partial charge in [-0.15, -0.1) is 0 Å². The molecule has 0 saturated heterocycles. The highest BCUT2D eigenvalue weighted by molar-refractivity contribution is 5.96. The fourth-order valence-electron chi connectivity index (χ4n) is 4.45. The van der Waals surface area contributed by atoms with Crippen molar-refractivity contribution in [1.82, 2.24) is 4.90 Å². The number of nitrogens with two attached hydrogens (primary N) is 1. The summed E-state index contributed by atoms with van der Waals surface area (Å²) in [5.41, 5.74) is 10.0. The molecule has 0 aliphatic rings. The van der Waals surface area contributed by atoms with E-state index in [1.54, 1.807) is 6.07 Å². The Morgan fingerprint density at radius 3 is 2.32 bits per heavy atom. The number of amides is 1. The van der Waals surface area contributed by atoms with Crippen LogP contribution in [0.15, 0.2) is 72.8 Å². The fourth-order valence-corrected chi connectivity index (χ4v) is 4.45. The molecule has 6 heteroatoms. The second-order valence-corrected chi connectivity index (χ2v) is 9.54. The van der Waals surface area contributed by atoms with E-state index in [1.165, 1.54) is 0 Å². The van der Waals surface area contributed by atoms with Crippen molar-refractivity contribution in [2.75, 3.05) is 26.3 Å². The highest BCUT2D eigenvalue weighted by Gasteiger charge is 2.25. The molecule has 0 aliphatic heterocycles. The van der Waals surface area contributed by atoms with Crippen molar-refractivity contribution in [3.63, 3.8) is 0 Å². The molecule has 6 nitrogen and oxygen atoms in total. The van der Waals surface area contributed by atoms with Crippen molar-refractivity contribution >= 4 is 5.91 Å². The molecule has 0 aromatic heterocycles. The molecule has 3 N–H and O–H groups in total. The Kier molecular flexibility index (Phi) is 10.4. The molecule has 37 heavy (non-hydrogen) atoms. The predicted molar refractivity (Wildman–Crippen MR) is 147 cm³/mol. The van der Waals surface area contributed by atoms with Gasteiger partial charge < -0.3 is 20.5 Å². The van der Waals surface area contributed by atoms with Gasteiger partial charge in [0.1, 0.15) is 0 Å². The van der Waals surface area contributed by atoms with Gasteiger partial charge in [-0.25, -0.2) is 0 Å². The Morgan fingerprint density at radius 1 is 1.00 bits per heavy atom. The molecule has 3 aromatic rings. The first-order chi connectivity index (χ1) is 17.9. The van der Waals surface area contributed by atoms with Crippen LogP contribution in [0.4, 0.5) is 0 Å². The number of nitrogens with zero attached hydrogens (tertiary/aromatic N) is 2. The maximum atomic E-state index is 13.5. The number of nitriles is 1. The van der Waals surface area contributed by atoms with E-state index in [0.717, 1.165) is 35.1 Å². The number of rotatable bonds is 13. The Bertz CT molecular complexity index is 1200. The van der Waals surface area contributed by atoms with Crippen molar-refractivity contribution in [1.29, 1.82) is 5.26 Å². The van der Waals surface area contributed by atoms with Crippen LogP contribution in [-0.2, 0) is 17.8 Å². The lowest BCUT2D eigenvalue weighted by atomic mass is 9.93. The van der Waals surface area contributed by atoms with Gasteiger partial charge in [-0.1, -0.05) is 62.4 Å². The number of aliphatic hydroxyl groups is 1. The van der Waals surface area contributed by atoms with Crippen LogP contribution in [0, 0.1) is 11.3 Å². The van der Waals surface area contributed by atoms with Crippen LogP contribution in [0.2, 0.25) is 0 Å². The summed E-state index contributed by atoms with van der Waals surface area (Å²) in [6.07, 6.45) is 2.23. The standard InChI is InChI=1S/C31H37N3O3/c1-3-14-34(15-4-2)30(36)28-17-25(16-27(18-28)29-13-9-8-12-26(29)20-32)21-37-23-31(33,22-35)19-24-10-6-5-7-11-24/h5-13,16-18,35H,3-4,14-15,19,21-23,33H2,1-2H3. The van der Waals surface area contributed by atoms with Crippen LogP contribution < -0.4 is 5.73 Å². The number of benzene rings is 3. The molecule has 3 aromatic carbocycles. The van der Waals surface area contributed by atoms with Gasteiger partial charge in [-0.2, -0.15) is 5.26 Å². The third-order valence-electron chi connectivity index (χ3n) is 6.24. The smallest absolute Gasteiger partial charge is 0.253 e. The first-order valence-electron chi connectivity index (χ1n) is 12.9. The molecule has 0 radical (unpaired) electrons. The summed E-state index contributed by atoms with van der Waals surface area (Å²) in [7, 11) is 0. The van der Waals surface area contributed by atoms with Gasteiger partial charge in [-0.3, -0.25) is 4.79 Å². The predicted octanol–water partition coefficient (Wildman–Crippen LogP) is 4.94. The number of carbonyl (C=O) groups is 1. The van der Waals surface area contributed by atoms with Crippen molar-refractivity contribution in [3.05, 3.63) is 95.1 Å². The van der Waals surface area contributed by atoms with E-state index in [1.807, 2.05) is 71.6 Å². The first-order valence-corrected chi connectivity index (χ1v) is 12.9. The van der Waals surface area contributed by atoms with Crippen LogP contribution in [0.5, 0.6) is 0 Å². The molecule has 0 fully saturated rings. The van der Waals surface area contributed by atoms with Gasteiger partial charge in [0.15, 0.2) is 0 Å². The SMILES string of the molecule is CCCN(CCC)C(=O)c1cc(COCC(N)(CO)Cc2ccccc2)cc(-c2ccccc2C#N)c1. The minimum absolute atomic E-state index is 0.0335. The van der Waals surface area contributed by atoms with Crippen LogP contribution in [0.25, 0.3) is 11.1 Å². The molecule has 1 unspecified atom stereocenters. The highest BCUT2D eigenvalue weighted by Crippen LogP contribution is 2.27. The summed E-state index contributed by atoms with van der Waals surface area (Å²) in [4.78, 5) is 15.3.